The van der Waals surface area contributed by atoms with Crippen molar-refractivity contribution in [2.75, 3.05) is 5.32 Å². The lowest BCUT2D eigenvalue weighted by Gasteiger charge is -1.97. The van der Waals surface area contributed by atoms with Crippen LogP contribution in [0.3, 0.4) is 0 Å². The van der Waals surface area contributed by atoms with Gasteiger partial charge in [0.05, 0.1) is 5.02 Å². The second-order valence-corrected chi connectivity index (χ2v) is 2.42. The van der Waals surface area contributed by atoms with E-state index < -0.39 is 0 Å². The summed E-state index contributed by atoms with van der Waals surface area (Å²) in [5.74, 6) is 0.200. The highest BCUT2D eigenvalue weighted by Gasteiger charge is 2.01. The molecule has 0 aliphatic carbocycles. The minimum atomic E-state index is 0.187. The van der Waals surface area contributed by atoms with Crippen molar-refractivity contribution in [1.82, 2.24) is 10.2 Å². The second kappa shape index (κ2) is 3.50. The standard InChI is InChI=1S/C5H3Cl2N3O/c6-3-1-4(7)9-10-5(3)8-2-11/h1-2H,(H,8,10,11). The Morgan fingerprint density at radius 1 is 1.45 bits per heavy atom. The molecule has 0 aliphatic rings. The molecule has 1 aromatic rings. The summed E-state index contributed by atoms with van der Waals surface area (Å²) >= 11 is 11.0. The van der Waals surface area contributed by atoms with Crippen molar-refractivity contribution in [3.8, 4) is 0 Å². The van der Waals surface area contributed by atoms with Crippen LogP contribution in [0.25, 0.3) is 0 Å². The van der Waals surface area contributed by atoms with Crippen LogP contribution in [0.5, 0.6) is 0 Å². The van der Waals surface area contributed by atoms with Crippen molar-refractivity contribution >= 4 is 35.4 Å². The van der Waals surface area contributed by atoms with E-state index in [2.05, 4.69) is 15.5 Å². The summed E-state index contributed by atoms with van der Waals surface area (Å²) in [6.07, 6.45) is 0.462. The molecular weight excluding hydrogens is 189 g/mol. The maximum atomic E-state index is 9.94. The molecule has 0 spiro atoms. The van der Waals surface area contributed by atoms with Crippen molar-refractivity contribution in [2.24, 2.45) is 0 Å². The molecular formula is C5H3Cl2N3O. The van der Waals surface area contributed by atoms with Crippen LogP contribution in [0.2, 0.25) is 10.2 Å². The molecule has 58 valence electrons. The van der Waals surface area contributed by atoms with Gasteiger partial charge in [0.15, 0.2) is 11.0 Å². The van der Waals surface area contributed by atoms with E-state index in [0.29, 0.717) is 6.41 Å². The van der Waals surface area contributed by atoms with Gasteiger partial charge in [-0.15, -0.1) is 10.2 Å². The zero-order valence-electron chi connectivity index (χ0n) is 5.21. The molecule has 0 fully saturated rings. The number of hydrogen-bond donors (Lipinski definition) is 1. The van der Waals surface area contributed by atoms with Gasteiger partial charge in [-0.1, -0.05) is 23.2 Å². The molecule has 0 bridgehead atoms. The van der Waals surface area contributed by atoms with E-state index in [1.54, 1.807) is 0 Å². The lowest BCUT2D eigenvalue weighted by molar-refractivity contribution is -0.105. The maximum absolute atomic E-state index is 9.94. The number of carbonyl (C=O) groups is 1. The fourth-order valence-electron chi connectivity index (χ4n) is 0.501. The predicted molar refractivity (Wildman–Crippen MR) is 41.7 cm³/mol. The molecule has 0 aromatic carbocycles. The first-order valence-electron chi connectivity index (χ1n) is 2.63. The highest BCUT2D eigenvalue weighted by molar-refractivity contribution is 6.35. The van der Waals surface area contributed by atoms with Crippen molar-refractivity contribution in [3.63, 3.8) is 0 Å². The van der Waals surface area contributed by atoms with Crippen LogP contribution in [0.1, 0.15) is 0 Å². The molecule has 4 nitrogen and oxygen atoms in total. The zero-order valence-corrected chi connectivity index (χ0v) is 6.73. The number of nitrogens with zero attached hydrogens (tertiary/aromatic N) is 2. The van der Waals surface area contributed by atoms with Crippen molar-refractivity contribution in [1.29, 1.82) is 0 Å². The van der Waals surface area contributed by atoms with E-state index in [9.17, 15) is 4.79 Å². The van der Waals surface area contributed by atoms with Crippen LogP contribution in [-0.4, -0.2) is 16.6 Å². The molecule has 0 unspecified atom stereocenters. The molecule has 1 heterocycles. The molecule has 0 saturated heterocycles. The van der Waals surface area contributed by atoms with Crippen LogP contribution >= 0.6 is 23.2 Å². The zero-order chi connectivity index (χ0) is 8.27. The van der Waals surface area contributed by atoms with Crippen LogP contribution in [0, 0.1) is 0 Å². The van der Waals surface area contributed by atoms with Gasteiger partial charge in [-0.05, 0) is 6.07 Å². The third kappa shape index (κ3) is 2.03. The molecule has 1 N–H and O–H groups in total. The second-order valence-electron chi connectivity index (χ2n) is 1.63. The molecule has 0 saturated carbocycles. The topological polar surface area (TPSA) is 54.9 Å². The van der Waals surface area contributed by atoms with E-state index >= 15 is 0 Å². The third-order valence-electron chi connectivity index (χ3n) is 0.913. The first-order chi connectivity index (χ1) is 5.24. The van der Waals surface area contributed by atoms with Crippen LogP contribution in [-0.2, 0) is 4.79 Å². The normalized spacial score (nSPS) is 9.27. The number of nitrogens with one attached hydrogen (secondary N) is 1. The van der Waals surface area contributed by atoms with Crippen molar-refractivity contribution in [2.45, 2.75) is 0 Å². The first-order valence-corrected chi connectivity index (χ1v) is 3.38. The Morgan fingerprint density at radius 2 is 2.18 bits per heavy atom. The number of halogens is 2. The fraction of sp³-hybridized carbons (Fsp3) is 0. The molecule has 0 radical (unpaired) electrons. The Labute approximate surface area is 72.5 Å². The molecule has 1 aromatic heterocycles. The van der Waals surface area contributed by atoms with Gasteiger partial charge in [0.1, 0.15) is 0 Å². The summed E-state index contributed by atoms with van der Waals surface area (Å²) in [5.41, 5.74) is 0. The van der Waals surface area contributed by atoms with Crippen LogP contribution < -0.4 is 5.32 Å². The number of hydrogen-bond acceptors (Lipinski definition) is 3. The van der Waals surface area contributed by atoms with Crippen molar-refractivity contribution < 1.29 is 4.79 Å². The van der Waals surface area contributed by atoms with Gasteiger partial charge in [0.2, 0.25) is 6.41 Å². The Balaban J connectivity index is 2.98. The Morgan fingerprint density at radius 3 is 2.73 bits per heavy atom. The lowest BCUT2D eigenvalue weighted by atomic mass is 10.5. The number of carbonyl (C=O) groups excluding carboxylic acids is 1. The Kier molecular flexibility index (Phi) is 2.62. The first kappa shape index (κ1) is 8.23. The molecule has 0 aliphatic heterocycles. The van der Waals surface area contributed by atoms with Crippen LogP contribution in [0.15, 0.2) is 6.07 Å². The maximum Gasteiger partial charge on any atom is 0.212 e. The van der Waals surface area contributed by atoms with E-state index in [0.717, 1.165) is 0 Å². The van der Waals surface area contributed by atoms with Crippen molar-refractivity contribution in [3.05, 3.63) is 16.2 Å². The molecule has 1 rings (SSSR count). The van der Waals surface area contributed by atoms with Gasteiger partial charge in [-0.25, -0.2) is 0 Å². The summed E-state index contributed by atoms with van der Waals surface area (Å²) in [7, 11) is 0. The fourth-order valence-corrected chi connectivity index (χ4v) is 0.899. The smallest absolute Gasteiger partial charge is 0.212 e. The number of amides is 1. The summed E-state index contributed by atoms with van der Waals surface area (Å²) in [6.45, 7) is 0. The summed E-state index contributed by atoms with van der Waals surface area (Å²) in [4.78, 5) is 9.94. The summed E-state index contributed by atoms with van der Waals surface area (Å²) in [6, 6.07) is 1.39. The highest BCUT2D eigenvalue weighted by atomic mass is 35.5. The largest absolute Gasteiger partial charge is 0.311 e. The Hall–Kier alpha value is -0.870. The van der Waals surface area contributed by atoms with Gasteiger partial charge in [-0.2, -0.15) is 0 Å². The van der Waals surface area contributed by atoms with Crippen LogP contribution in [0.4, 0.5) is 5.82 Å². The van der Waals surface area contributed by atoms with Gasteiger partial charge >= 0.3 is 0 Å². The SMILES string of the molecule is O=CNc1nnc(Cl)cc1Cl. The highest BCUT2D eigenvalue weighted by Crippen LogP contribution is 2.19. The Bertz CT molecular complexity index is 278. The average molecular weight is 192 g/mol. The van der Waals surface area contributed by atoms with Gasteiger partial charge in [0, 0.05) is 0 Å². The van der Waals surface area contributed by atoms with E-state index in [4.69, 9.17) is 23.2 Å². The quantitative estimate of drug-likeness (QED) is 0.719. The monoisotopic (exact) mass is 191 g/mol. The molecule has 11 heavy (non-hydrogen) atoms. The van der Waals surface area contributed by atoms with Gasteiger partial charge < -0.3 is 5.32 Å². The minimum absolute atomic E-state index is 0.187. The minimum Gasteiger partial charge on any atom is -0.311 e. The molecule has 1 amide bonds. The van der Waals surface area contributed by atoms with Gasteiger partial charge in [-0.3, -0.25) is 4.79 Å². The van der Waals surface area contributed by atoms with E-state index in [1.165, 1.54) is 6.07 Å². The average Bonchev–Trinajstić information content (AvgIpc) is 1.95. The van der Waals surface area contributed by atoms with E-state index in [-0.39, 0.29) is 16.0 Å². The number of rotatable bonds is 2. The third-order valence-corrected chi connectivity index (χ3v) is 1.39. The van der Waals surface area contributed by atoms with Gasteiger partial charge in [0.25, 0.3) is 0 Å². The number of anilines is 1. The lowest BCUT2D eigenvalue weighted by Crippen LogP contribution is -1.98. The van der Waals surface area contributed by atoms with E-state index in [1.807, 2.05) is 0 Å². The number of aromatic nitrogens is 2. The predicted octanol–water partition coefficient (Wildman–Crippen LogP) is 1.35. The summed E-state index contributed by atoms with van der Waals surface area (Å²) < 4.78 is 0. The molecule has 6 heteroatoms. The summed E-state index contributed by atoms with van der Waals surface area (Å²) in [5, 5.41) is 9.69. The molecule has 0 atom stereocenters.